The van der Waals surface area contributed by atoms with Crippen molar-refractivity contribution in [2.75, 3.05) is 19.8 Å². The first-order chi connectivity index (χ1) is 9.97. The van der Waals surface area contributed by atoms with Gasteiger partial charge in [0.15, 0.2) is 5.75 Å². The molecule has 0 saturated carbocycles. The third-order valence-corrected chi connectivity index (χ3v) is 2.50. The molecule has 0 radical (unpaired) electrons. The Bertz CT molecular complexity index is 537. The average molecular weight is 298 g/mol. The Kier molecular flexibility index (Phi) is 5.83. The van der Waals surface area contributed by atoms with Crippen LogP contribution in [0.5, 0.6) is 17.2 Å². The van der Waals surface area contributed by atoms with Crippen LogP contribution in [0.1, 0.15) is 41.5 Å². The van der Waals surface area contributed by atoms with E-state index < -0.39 is 29.0 Å². The van der Waals surface area contributed by atoms with Crippen LogP contribution >= 0.6 is 0 Å². The standard InChI is InChI=1S/C14H18O7/c1-4-19-9-7-8(15)10(13(17)20-5-2)12(16)11(9)14(18)21-6-3/h7,15-16H,4-6H2,1-3H3. The van der Waals surface area contributed by atoms with Gasteiger partial charge in [0.05, 0.1) is 19.8 Å². The summed E-state index contributed by atoms with van der Waals surface area (Å²) < 4.78 is 14.7. The molecule has 0 saturated heterocycles. The maximum Gasteiger partial charge on any atom is 0.345 e. The van der Waals surface area contributed by atoms with E-state index in [1.54, 1.807) is 20.8 Å². The van der Waals surface area contributed by atoms with Crippen molar-refractivity contribution in [2.24, 2.45) is 0 Å². The van der Waals surface area contributed by atoms with Gasteiger partial charge in [0, 0.05) is 6.07 Å². The van der Waals surface area contributed by atoms with Crippen molar-refractivity contribution in [3.63, 3.8) is 0 Å². The fraction of sp³-hybridized carbons (Fsp3) is 0.429. The van der Waals surface area contributed by atoms with Crippen molar-refractivity contribution in [3.8, 4) is 17.2 Å². The molecule has 0 aliphatic heterocycles. The lowest BCUT2D eigenvalue weighted by molar-refractivity contribution is 0.0513. The minimum Gasteiger partial charge on any atom is -0.507 e. The second-order valence-corrected chi connectivity index (χ2v) is 3.87. The van der Waals surface area contributed by atoms with Gasteiger partial charge in [-0.1, -0.05) is 0 Å². The number of aromatic hydroxyl groups is 2. The third kappa shape index (κ3) is 3.56. The molecular formula is C14H18O7. The fourth-order valence-corrected chi connectivity index (χ4v) is 1.71. The molecule has 0 aliphatic rings. The Morgan fingerprint density at radius 2 is 1.48 bits per heavy atom. The molecule has 7 nitrogen and oxygen atoms in total. The second kappa shape index (κ2) is 7.37. The Morgan fingerprint density at radius 1 is 0.952 bits per heavy atom. The summed E-state index contributed by atoms with van der Waals surface area (Å²) in [4.78, 5) is 23.7. The van der Waals surface area contributed by atoms with Gasteiger partial charge in [-0.2, -0.15) is 0 Å². The zero-order valence-electron chi connectivity index (χ0n) is 12.1. The third-order valence-electron chi connectivity index (χ3n) is 2.50. The molecule has 1 rings (SSSR count). The number of phenolic OH excluding ortho intramolecular Hbond substituents is 2. The molecule has 0 amide bonds. The number of hydrogen-bond donors (Lipinski definition) is 2. The maximum absolute atomic E-state index is 11.9. The molecule has 0 bridgehead atoms. The van der Waals surface area contributed by atoms with Crippen LogP contribution in [0.2, 0.25) is 0 Å². The molecule has 21 heavy (non-hydrogen) atoms. The van der Waals surface area contributed by atoms with Crippen molar-refractivity contribution >= 4 is 11.9 Å². The average Bonchev–Trinajstić information content (AvgIpc) is 2.39. The molecule has 116 valence electrons. The Morgan fingerprint density at radius 3 is 1.95 bits per heavy atom. The second-order valence-electron chi connectivity index (χ2n) is 3.87. The minimum atomic E-state index is -0.943. The summed E-state index contributed by atoms with van der Waals surface area (Å²) in [6.07, 6.45) is 0. The predicted molar refractivity (Wildman–Crippen MR) is 72.9 cm³/mol. The largest absolute Gasteiger partial charge is 0.507 e. The minimum absolute atomic E-state index is 0.0552. The van der Waals surface area contributed by atoms with Crippen LogP contribution in [0.25, 0.3) is 0 Å². The fourth-order valence-electron chi connectivity index (χ4n) is 1.71. The van der Waals surface area contributed by atoms with E-state index in [9.17, 15) is 19.8 Å². The number of ether oxygens (including phenoxy) is 3. The van der Waals surface area contributed by atoms with Gasteiger partial charge in [-0.05, 0) is 20.8 Å². The van der Waals surface area contributed by atoms with Gasteiger partial charge >= 0.3 is 11.9 Å². The van der Waals surface area contributed by atoms with Gasteiger partial charge < -0.3 is 24.4 Å². The van der Waals surface area contributed by atoms with E-state index >= 15 is 0 Å². The number of phenols is 2. The monoisotopic (exact) mass is 298 g/mol. The summed E-state index contributed by atoms with van der Waals surface area (Å²) in [7, 11) is 0. The first-order valence-electron chi connectivity index (χ1n) is 6.53. The summed E-state index contributed by atoms with van der Waals surface area (Å²) in [6.45, 7) is 5.18. The number of carbonyl (C=O) groups is 2. The number of carbonyl (C=O) groups excluding carboxylic acids is 2. The lowest BCUT2D eigenvalue weighted by Gasteiger charge is -2.15. The van der Waals surface area contributed by atoms with Crippen LogP contribution in [-0.2, 0) is 9.47 Å². The zero-order valence-corrected chi connectivity index (χ0v) is 12.1. The van der Waals surface area contributed by atoms with Gasteiger partial charge in [-0.25, -0.2) is 9.59 Å². The normalized spacial score (nSPS) is 10.0. The molecule has 0 aliphatic carbocycles. The Hall–Kier alpha value is -2.44. The van der Waals surface area contributed by atoms with Crippen LogP contribution in [0.15, 0.2) is 6.07 Å². The highest BCUT2D eigenvalue weighted by atomic mass is 16.5. The highest BCUT2D eigenvalue weighted by Crippen LogP contribution is 2.39. The Balaban J connectivity index is 3.46. The summed E-state index contributed by atoms with van der Waals surface area (Å²) in [5, 5.41) is 20.0. The van der Waals surface area contributed by atoms with Crippen LogP contribution in [0, 0.1) is 0 Å². The molecule has 0 heterocycles. The van der Waals surface area contributed by atoms with Crippen LogP contribution < -0.4 is 4.74 Å². The summed E-state index contributed by atoms with van der Waals surface area (Å²) in [5.41, 5.74) is -0.817. The van der Waals surface area contributed by atoms with Gasteiger partial charge in [-0.3, -0.25) is 0 Å². The molecule has 0 fully saturated rings. The number of esters is 2. The summed E-state index contributed by atoms with van der Waals surface area (Å²) >= 11 is 0. The molecule has 0 atom stereocenters. The van der Waals surface area contributed by atoms with Crippen LogP contribution in [0.3, 0.4) is 0 Å². The molecule has 1 aromatic rings. The molecule has 0 unspecified atom stereocenters. The lowest BCUT2D eigenvalue weighted by Crippen LogP contribution is -2.12. The van der Waals surface area contributed by atoms with Crippen molar-refractivity contribution < 1.29 is 34.0 Å². The zero-order chi connectivity index (χ0) is 16.0. The molecule has 7 heteroatoms. The van der Waals surface area contributed by atoms with E-state index in [1.807, 2.05) is 0 Å². The van der Waals surface area contributed by atoms with Gasteiger partial charge in [0.1, 0.15) is 22.6 Å². The van der Waals surface area contributed by atoms with Crippen molar-refractivity contribution in [1.29, 1.82) is 0 Å². The number of benzene rings is 1. The van der Waals surface area contributed by atoms with Crippen molar-refractivity contribution in [2.45, 2.75) is 20.8 Å². The van der Waals surface area contributed by atoms with E-state index in [-0.39, 0.29) is 31.1 Å². The molecular weight excluding hydrogens is 280 g/mol. The quantitative estimate of drug-likeness (QED) is 0.772. The highest BCUT2D eigenvalue weighted by Gasteiger charge is 2.29. The van der Waals surface area contributed by atoms with E-state index in [2.05, 4.69) is 0 Å². The van der Waals surface area contributed by atoms with E-state index in [4.69, 9.17) is 14.2 Å². The topological polar surface area (TPSA) is 102 Å². The number of hydrogen-bond acceptors (Lipinski definition) is 7. The van der Waals surface area contributed by atoms with Crippen LogP contribution in [-0.4, -0.2) is 42.0 Å². The first kappa shape index (κ1) is 16.6. The maximum atomic E-state index is 11.9. The van der Waals surface area contributed by atoms with Crippen LogP contribution in [0.4, 0.5) is 0 Å². The van der Waals surface area contributed by atoms with E-state index in [0.717, 1.165) is 6.07 Å². The molecule has 0 spiro atoms. The summed E-state index contributed by atoms with van der Waals surface area (Å²) in [5.74, 6) is -3.14. The molecule has 0 aromatic heterocycles. The van der Waals surface area contributed by atoms with E-state index in [0.29, 0.717) is 0 Å². The van der Waals surface area contributed by atoms with Crippen molar-refractivity contribution in [1.82, 2.24) is 0 Å². The predicted octanol–water partition coefficient (Wildman–Crippen LogP) is 1.85. The smallest absolute Gasteiger partial charge is 0.345 e. The number of rotatable bonds is 6. The van der Waals surface area contributed by atoms with Crippen molar-refractivity contribution in [3.05, 3.63) is 17.2 Å². The van der Waals surface area contributed by atoms with Gasteiger partial charge in [0.25, 0.3) is 0 Å². The molecule has 1 aromatic carbocycles. The first-order valence-corrected chi connectivity index (χ1v) is 6.53. The SMILES string of the molecule is CCOC(=O)c1c(O)cc(OCC)c(C(=O)OCC)c1O. The van der Waals surface area contributed by atoms with Gasteiger partial charge in [0.2, 0.25) is 0 Å². The van der Waals surface area contributed by atoms with E-state index in [1.165, 1.54) is 0 Å². The van der Waals surface area contributed by atoms with Gasteiger partial charge in [-0.15, -0.1) is 0 Å². The summed E-state index contributed by atoms with van der Waals surface area (Å²) in [6, 6.07) is 1.07. The molecule has 2 N–H and O–H groups in total. The highest BCUT2D eigenvalue weighted by molar-refractivity contribution is 6.03. The Labute approximate surface area is 122 Å². The lowest BCUT2D eigenvalue weighted by atomic mass is 10.1.